The van der Waals surface area contributed by atoms with Crippen LogP contribution in [0.5, 0.6) is 0 Å². The summed E-state index contributed by atoms with van der Waals surface area (Å²) in [4.78, 5) is 0. The third-order valence-electron chi connectivity index (χ3n) is 3.37. The van der Waals surface area contributed by atoms with E-state index in [0.29, 0.717) is 0 Å². The van der Waals surface area contributed by atoms with E-state index in [4.69, 9.17) is 0 Å². The molecule has 0 saturated carbocycles. The van der Waals surface area contributed by atoms with Crippen LogP contribution < -0.4 is 5.32 Å². The van der Waals surface area contributed by atoms with E-state index in [0.717, 1.165) is 44.7 Å². The van der Waals surface area contributed by atoms with Crippen LogP contribution in [-0.4, -0.2) is 26.1 Å². The Balaban J connectivity index is 1.69. The van der Waals surface area contributed by atoms with Gasteiger partial charge < -0.3 is 5.32 Å². The van der Waals surface area contributed by atoms with Crippen molar-refractivity contribution in [1.82, 2.24) is 24.9 Å². The van der Waals surface area contributed by atoms with Crippen molar-refractivity contribution >= 4 is 0 Å². The molecule has 0 spiro atoms. The summed E-state index contributed by atoms with van der Waals surface area (Å²) in [6.07, 6.45) is 4.08. The van der Waals surface area contributed by atoms with Gasteiger partial charge in [-0.1, -0.05) is 6.92 Å². The van der Waals surface area contributed by atoms with Gasteiger partial charge in [-0.05, 0) is 45.4 Å². The van der Waals surface area contributed by atoms with E-state index < -0.39 is 0 Å². The van der Waals surface area contributed by atoms with Gasteiger partial charge in [-0.25, -0.2) is 0 Å². The number of aromatic nitrogens is 4. The Labute approximate surface area is 121 Å². The minimum atomic E-state index is 0.886. The second-order valence-corrected chi connectivity index (χ2v) is 5.23. The largest absolute Gasteiger partial charge is 0.311 e. The molecule has 0 aliphatic heterocycles. The molecule has 0 fully saturated rings. The summed E-state index contributed by atoms with van der Waals surface area (Å²) in [5.74, 6) is 0. The van der Waals surface area contributed by atoms with Gasteiger partial charge in [0.2, 0.25) is 0 Å². The third-order valence-corrected chi connectivity index (χ3v) is 3.37. The van der Waals surface area contributed by atoms with Crippen molar-refractivity contribution in [3.8, 4) is 0 Å². The molecule has 0 bridgehead atoms. The number of hydrogen-bond donors (Lipinski definition) is 1. The van der Waals surface area contributed by atoms with Gasteiger partial charge in [-0.15, -0.1) is 0 Å². The van der Waals surface area contributed by atoms with Crippen LogP contribution in [0.1, 0.15) is 36.8 Å². The fourth-order valence-corrected chi connectivity index (χ4v) is 2.39. The first kappa shape index (κ1) is 14.8. The molecular formula is C15H25N5. The quantitative estimate of drug-likeness (QED) is 0.752. The third kappa shape index (κ3) is 3.93. The van der Waals surface area contributed by atoms with Crippen molar-refractivity contribution in [1.29, 1.82) is 0 Å². The molecular weight excluding hydrogens is 250 g/mol. The maximum atomic E-state index is 4.47. The molecule has 5 heteroatoms. The summed E-state index contributed by atoms with van der Waals surface area (Å²) < 4.78 is 4.16. The Kier molecular flexibility index (Phi) is 5.35. The number of hydrogen-bond acceptors (Lipinski definition) is 3. The minimum absolute atomic E-state index is 0.886. The molecule has 1 N–H and O–H groups in total. The highest BCUT2D eigenvalue weighted by Gasteiger charge is 2.02. The highest BCUT2D eigenvalue weighted by molar-refractivity contribution is 5.06. The van der Waals surface area contributed by atoms with Crippen molar-refractivity contribution < 1.29 is 0 Å². The number of nitrogens with zero attached hydrogens (tertiary/aromatic N) is 4. The maximum absolute atomic E-state index is 4.47. The highest BCUT2D eigenvalue weighted by atomic mass is 15.3. The van der Waals surface area contributed by atoms with E-state index in [9.17, 15) is 0 Å². The van der Waals surface area contributed by atoms with Gasteiger partial charge in [0.05, 0.1) is 11.4 Å². The average molecular weight is 275 g/mol. The van der Waals surface area contributed by atoms with Gasteiger partial charge in [-0.2, -0.15) is 10.2 Å². The van der Waals surface area contributed by atoms with E-state index in [1.54, 1.807) is 0 Å². The Morgan fingerprint density at radius 3 is 2.75 bits per heavy atom. The number of aryl methyl sites for hydroxylation is 4. The topological polar surface area (TPSA) is 47.7 Å². The van der Waals surface area contributed by atoms with E-state index in [-0.39, 0.29) is 0 Å². The molecule has 0 saturated heterocycles. The lowest BCUT2D eigenvalue weighted by molar-refractivity contribution is 0.513. The summed E-state index contributed by atoms with van der Waals surface area (Å²) in [6.45, 7) is 10.2. The van der Waals surface area contributed by atoms with Crippen LogP contribution >= 0.6 is 0 Å². The summed E-state index contributed by atoms with van der Waals surface area (Å²) >= 11 is 0. The van der Waals surface area contributed by atoms with Crippen molar-refractivity contribution in [3.05, 3.63) is 35.4 Å². The minimum Gasteiger partial charge on any atom is -0.311 e. The van der Waals surface area contributed by atoms with Gasteiger partial charge in [0.15, 0.2) is 0 Å². The molecule has 2 heterocycles. The van der Waals surface area contributed by atoms with Crippen LogP contribution in [0.25, 0.3) is 0 Å². The van der Waals surface area contributed by atoms with Crippen LogP contribution in [-0.2, 0) is 19.6 Å². The van der Waals surface area contributed by atoms with E-state index in [2.05, 4.69) is 50.9 Å². The van der Waals surface area contributed by atoms with Crippen molar-refractivity contribution in [3.63, 3.8) is 0 Å². The summed E-state index contributed by atoms with van der Waals surface area (Å²) in [6, 6.07) is 4.21. The van der Waals surface area contributed by atoms with Gasteiger partial charge in [0.1, 0.15) is 0 Å². The molecule has 2 aromatic heterocycles. The monoisotopic (exact) mass is 275 g/mol. The zero-order valence-corrected chi connectivity index (χ0v) is 12.8. The van der Waals surface area contributed by atoms with Crippen molar-refractivity contribution in [2.24, 2.45) is 0 Å². The fraction of sp³-hybridized carbons (Fsp3) is 0.600. The smallest absolute Gasteiger partial charge is 0.0596 e. The molecule has 2 aromatic rings. The molecule has 110 valence electrons. The predicted octanol–water partition coefficient (Wildman–Crippen LogP) is 2.29. The molecule has 0 aromatic carbocycles. The molecule has 20 heavy (non-hydrogen) atoms. The van der Waals surface area contributed by atoms with Gasteiger partial charge in [0.25, 0.3) is 0 Å². The predicted molar refractivity (Wildman–Crippen MR) is 80.5 cm³/mol. The van der Waals surface area contributed by atoms with Gasteiger partial charge in [0, 0.05) is 31.5 Å². The first-order valence-corrected chi connectivity index (χ1v) is 7.43. The van der Waals surface area contributed by atoms with Crippen LogP contribution in [0.4, 0.5) is 0 Å². The molecule has 0 atom stereocenters. The average Bonchev–Trinajstić information content (AvgIpc) is 2.97. The Hall–Kier alpha value is -1.62. The fourth-order valence-electron chi connectivity index (χ4n) is 2.39. The van der Waals surface area contributed by atoms with Gasteiger partial charge in [-0.3, -0.25) is 9.36 Å². The summed E-state index contributed by atoms with van der Waals surface area (Å²) in [7, 11) is 0. The van der Waals surface area contributed by atoms with Crippen LogP contribution in [0.2, 0.25) is 0 Å². The van der Waals surface area contributed by atoms with Crippen LogP contribution in [0.15, 0.2) is 18.3 Å². The normalized spacial score (nSPS) is 11.2. The molecule has 0 aliphatic rings. The molecule has 0 aliphatic carbocycles. The summed E-state index contributed by atoms with van der Waals surface area (Å²) in [5.41, 5.74) is 3.60. The second-order valence-electron chi connectivity index (χ2n) is 5.23. The Morgan fingerprint density at radius 1 is 1.20 bits per heavy atom. The number of nitrogens with one attached hydrogen (secondary N) is 1. The van der Waals surface area contributed by atoms with Crippen LogP contribution in [0.3, 0.4) is 0 Å². The van der Waals surface area contributed by atoms with Crippen molar-refractivity contribution in [2.75, 3.05) is 6.54 Å². The molecule has 2 rings (SSSR count). The van der Waals surface area contributed by atoms with Gasteiger partial charge >= 0.3 is 0 Å². The Bertz CT molecular complexity index is 526. The zero-order chi connectivity index (χ0) is 14.4. The molecule has 0 unspecified atom stereocenters. The Morgan fingerprint density at radius 2 is 2.05 bits per heavy atom. The van der Waals surface area contributed by atoms with E-state index in [1.807, 2.05) is 13.1 Å². The first-order valence-electron chi connectivity index (χ1n) is 7.43. The van der Waals surface area contributed by atoms with Crippen LogP contribution in [0, 0.1) is 13.8 Å². The molecule has 0 radical (unpaired) electrons. The molecule has 0 amide bonds. The zero-order valence-electron chi connectivity index (χ0n) is 12.8. The lowest BCUT2D eigenvalue weighted by Gasteiger charge is -2.08. The molecule has 5 nitrogen and oxygen atoms in total. The van der Waals surface area contributed by atoms with E-state index in [1.165, 1.54) is 11.4 Å². The van der Waals surface area contributed by atoms with Crippen molar-refractivity contribution in [2.45, 2.75) is 53.2 Å². The lowest BCUT2D eigenvalue weighted by Crippen LogP contribution is -2.19. The highest BCUT2D eigenvalue weighted by Crippen LogP contribution is 2.03. The van der Waals surface area contributed by atoms with E-state index >= 15 is 0 Å². The standard InChI is InChI=1S/C15H25N5/c1-4-9-20-15(6-8-17-20)12-16-7-5-10-19-14(3)11-13(2)18-19/h6,8,11,16H,4-5,7,9-10,12H2,1-3H3. The first-order chi connectivity index (χ1) is 9.70. The number of rotatable bonds is 8. The lowest BCUT2D eigenvalue weighted by atomic mass is 10.3. The second kappa shape index (κ2) is 7.24. The maximum Gasteiger partial charge on any atom is 0.0596 e. The SMILES string of the molecule is CCCn1nccc1CNCCCn1nc(C)cc1C. The summed E-state index contributed by atoms with van der Waals surface area (Å²) in [5, 5.41) is 12.3.